The van der Waals surface area contributed by atoms with Crippen LogP contribution in [0.1, 0.15) is 4.88 Å². The van der Waals surface area contributed by atoms with Gasteiger partial charge in [-0.3, -0.25) is 10.1 Å². The molecule has 5 nitrogen and oxygen atoms in total. The quantitative estimate of drug-likeness (QED) is 0.766. The highest BCUT2D eigenvalue weighted by molar-refractivity contribution is 7.15. The highest BCUT2D eigenvalue weighted by Crippen LogP contribution is 2.16. The van der Waals surface area contributed by atoms with E-state index < -0.39 is 6.10 Å². The van der Waals surface area contributed by atoms with E-state index >= 15 is 0 Å². The second kappa shape index (κ2) is 4.69. The number of aromatic nitrogens is 1. The Kier molecular flexibility index (Phi) is 3.30. The van der Waals surface area contributed by atoms with E-state index in [0.717, 1.165) is 11.4 Å². The molecule has 0 spiro atoms. The van der Waals surface area contributed by atoms with E-state index in [1.54, 1.807) is 6.20 Å². The van der Waals surface area contributed by atoms with E-state index in [9.17, 15) is 4.79 Å². The molecule has 1 aliphatic heterocycles. The summed E-state index contributed by atoms with van der Waals surface area (Å²) in [6.07, 6.45) is 1.34. The Hall–Kier alpha value is -0.980. The lowest BCUT2D eigenvalue weighted by atomic mass is 10.3. The van der Waals surface area contributed by atoms with Crippen LogP contribution in [0.3, 0.4) is 0 Å². The Morgan fingerprint density at radius 3 is 3.27 bits per heavy atom. The molecule has 0 aliphatic carbocycles. The number of anilines is 1. The van der Waals surface area contributed by atoms with Crippen molar-refractivity contribution in [2.45, 2.75) is 13.0 Å². The molecule has 1 amide bonds. The number of carbonyl (C=O) groups excluding carboxylic acids is 1. The van der Waals surface area contributed by atoms with Gasteiger partial charge in [0.05, 0.1) is 6.61 Å². The molecule has 0 saturated carbocycles. The number of hydrogen-bond acceptors (Lipinski definition) is 5. The zero-order valence-corrected chi connectivity index (χ0v) is 9.26. The maximum atomic E-state index is 11.7. The number of morpholine rings is 1. The molecule has 1 aromatic heterocycles. The van der Waals surface area contributed by atoms with Crippen LogP contribution >= 0.6 is 11.3 Å². The molecule has 1 saturated heterocycles. The number of aryl methyl sites for hydroxylation is 1. The highest BCUT2D eigenvalue weighted by Gasteiger charge is 2.22. The van der Waals surface area contributed by atoms with Gasteiger partial charge in [-0.05, 0) is 6.92 Å². The Morgan fingerprint density at radius 2 is 2.67 bits per heavy atom. The smallest absolute Gasteiger partial charge is 0.256 e. The van der Waals surface area contributed by atoms with Crippen molar-refractivity contribution in [2.24, 2.45) is 0 Å². The van der Waals surface area contributed by atoms with Crippen molar-refractivity contribution in [3.8, 4) is 0 Å². The predicted molar refractivity (Wildman–Crippen MR) is 58.1 cm³/mol. The first kappa shape index (κ1) is 10.5. The first-order valence-electron chi connectivity index (χ1n) is 4.81. The molecular formula is C9H13N3O2S. The summed E-state index contributed by atoms with van der Waals surface area (Å²) in [5.41, 5.74) is 0. The van der Waals surface area contributed by atoms with Crippen LogP contribution in [-0.2, 0) is 9.53 Å². The molecule has 15 heavy (non-hydrogen) atoms. The van der Waals surface area contributed by atoms with Gasteiger partial charge in [0.25, 0.3) is 5.91 Å². The van der Waals surface area contributed by atoms with Crippen LogP contribution in [0.25, 0.3) is 0 Å². The molecule has 0 radical (unpaired) electrons. The van der Waals surface area contributed by atoms with Crippen molar-refractivity contribution in [3.05, 3.63) is 11.1 Å². The van der Waals surface area contributed by atoms with E-state index in [1.165, 1.54) is 11.3 Å². The summed E-state index contributed by atoms with van der Waals surface area (Å²) in [7, 11) is 0. The van der Waals surface area contributed by atoms with Crippen molar-refractivity contribution in [1.29, 1.82) is 0 Å². The van der Waals surface area contributed by atoms with Gasteiger partial charge in [-0.1, -0.05) is 0 Å². The third-order valence-corrected chi connectivity index (χ3v) is 2.90. The summed E-state index contributed by atoms with van der Waals surface area (Å²) in [4.78, 5) is 16.8. The number of rotatable bonds is 2. The number of carbonyl (C=O) groups is 1. The zero-order valence-electron chi connectivity index (χ0n) is 8.45. The molecule has 2 rings (SSSR count). The third-order valence-electron chi connectivity index (χ3n) is 2.07. The first-order chi connectivity index (χ1) is 7.25. The van der Waals surface area contributed by atoms with Crippen LogP contribution in [0.5, 0.6) is 0 Å². The average molecular weight is 227 g/mol. The summed E-state index contributed by atoms with van der Waals surface area (Å²) in [5, 5.41) is 6.47. The summed E-state index contributed by atoms with van der Waals surface area (Å²) in [6.45, 7) is 3.90. The monoisotopic (exact) mass is 227 g/mol. The molecule has 82 valence electrons. The minimum absolute atomic E-state index is 0.128. The second-order valence-corrected chi connectivity index (χ2v) is 4.56. The Morgan fingerprint density at radius 1 is 1.80 bits per heavy atom. The van der Waals surface area contributed by atoms with Gasteiger partial charge in [0, 0.05) is 24.2 Å². The van der Waals surface area contributed by atoms with Gasteiger partial charge >= 0.3 is 0 Å². The van der Waals surface area contributed by atoms with Crippen LogP contribution in [0.2, 0.25) is 0 Å². The van der Waals surface area contributed by atoms with Crippen molar-refractivity contribution in [2.75, 3.05) is 25.0 Å². The summed E-state index contributed by atoms with van der Waals surface area (Å²) < 4.78 is 5.32. The topological polar surface area (TPSA) is 63.2 Å². The van der Waals surface area contributed by atoms with E-state index in [0.29, 0.717) is 18.3 Å². The molecule has 1 aromatic rings. The Labute approximate surface area is 91.9 Å². The molecule has 2 N–H and O–H groups in total. The van der Waals surface area contributed by atoms with Gasteiger partial charge in [-0.15, -0.1) is 11.3 Å². The van der Waals surface area contributed by atoms with Crippen molar-refractivity contribution >= 4 is 22.4 Å². The molecule has 1 aliphatic rings. The SMILES string of the molecule is Cc1cnc(NC(=O)[C@H]2CNCCO2)s1. The van der Waals surface area contributed by atoms with E-state index in [2.05, 4.69) is 15.6 Å². The van der Waals surface area contributed by atoms with E-state index in [-0.39, 0.29) is 5.91 Å². The largest absolute Gasteiger partial charge is 0.366 e. The van der Waals surface area contributed by atoms with Crippen LogP contribution < -0.4 is 10.6 Å². The fourth-order valence-corrected chi connectivity index (χ4v) is 2.00. The lowest BCUT2D eigenvalue weighted by Crippen LogP contribution is -2.45. The lowest BCUT2D eigenvalue weighted by molar-refractivity contribution is -0.128. The van der Waals surface area contributed by atoms with Gasteiger partial charge in [-0.25, -0.2) is 4.98 Å². The number of thiazole rings is 1. The summed E-state index contributed by atoms with van der Waals surface area (Å²) in [5.74, 6) is -0.128. The average Bonchev–Trinajstić information content (AvgIpc) is 2.65. The first-order valence-corrected chi connectivity index (χ1v) is 5.63. The van der Waals surface area contributed by atoms with Crippen molar-refractivity contribution in [1.82, 2.24) is 10.3 Å². The van der Waals surface area contributed by atoms with E-state index in [4.69, 9.17) is 4.74 Å². The van der Waals surface area contributed by atoms with Crippen molar-refractivity contribution in [3.63, 3.8) is 0 Å². The molecule has 1 atom stereocenters. The standard InChI is InChI=1S/C9H13N3O2S/c1-6-4-11-9(15-6)12-8(13)7-5-10-2-3-14-7/h4,7,10H,2-3,5H2,1H3,(H,11,12,13)/t7-/m1/s1. The Balaban J connectivity index is 1.91. The maximum absolute atomic E-state index is 11.7. The van der Waals surface area contributed by atoms with Crippen molar-refractivity contribution < 1.29 is 9.53 Å². The number of amides is 1. The number of nitrogens with one attached hydrogen (secondary N) is 2. The fourth-order valence-electron chi connectivity index (χ4n) is 1.33. The minimum atomic E-state index is -0.400. The Bertz CT molecular complexity index is 347. The molecular weight excluding hydrogens is 214 g/mol. The number of ether oxygens (including phenoxy) is 1. The van der Waals surface area contributed by atoms with Crippen LogP contribution in [-0.4, -0.2) is 36.7 Å². The van der Waals surface area contributed by atoms with E-state index in [1.807, 2.05) is 6.92 Å². The number of hydrogen-bond donors (Lipinski definition) is 2. The van der Waals surface area contributed by atoms with Gasteiger partial charge in [-0.2, -0.15) is 0 Å². The summed E-state index contributed by atoms with van der Waals surface area (Å²) in [6, 6.07) is 0. The van der Waals surface area contributed by atoms with Gasteiger partial charge in [0.2, 0.25) is 0 Å². The maximum Gasteiger partial charge on any atom is 0.256 e. The van der Waals surface area contributed by atoms with Crippen LogP contribution in [0, 0.1) is 6.92 Å². The van der Waals surface area contributed by atoms with Gasteiger partial charge in [0.15, 0.2) is 5.13 Å². The van der Waals surface area contributed by atoms with Gasteiger partial charge in [0.1, 0.15) is 6.10 Å². The minimum Gasteiger partial charge on any atom is -0.366 e. The molecule has 1 fully saturated rings. The fraction of sp³-hybridized carbons (Fsp3) is 0.556. The lowest BCUT2D eigenvalue weighted by Gasteiger charge is -2.22. The molecule has 6 heteroatoms. The second-order valence-electron chi connectivity index (χ2n) is 3.33. The van der Waals surface area contributed by atoms with Crippen LogP contribution in [0.15, 0.2) is 6.20 Å². The molecule has 0 aromatic carbocycles. The molecule has 0 bridgehead atoms. The molecule has 0 unspecified atom stereocenters. The normalized spacial score (nSPS) is 21.3. The third kappa shape index (κ3) is 2.74. The summed E-state index contributed by atoms with van der Waals surface area (Å²) >= 11 is 1.46. The predicted octanol–water partition coefficient (Wildman–Crippen LogP) is 0.378. The highest BCUT2D eigenvalue weighted by atomic mass is 32.1. The number of nitrogens with zero attached hydrogens (tertiary/aromatic N) is 1. The van der Waals surface area contributed by atoms with Crippen LogP contribution in [0.4, 0.5) is 5.13 Å². The zero-order chi connectivity index (χ0) is 10.7. The van der Waals surface area contributed by atoms with Gasteiger partial charge < -0.3 is 10.1 Å². The molecule has 2 heterocycles.